The van der Waals surface area contributed by atoms with Gasteiger partial charge >= 0.3 is 0 Å². The molecule has 3 rings (SSSR count). The second kappa shape index (κ2) is 8.41. The Morgan fingerprint density at radius 2 is 2.04 bits per heavy atom. The molecule has 0 spiro atoms. The van der Waals surface area contributed by atoms with Crippen LogP contribution in [-0.4, -0.2) is 41.5 Å². The van der Waals surface area contributed by atoms with Gasteiger partial charge in [0, 0.05) is 32.1 Å². The molecule has 2 amide bonds. The quantitative estimate of drug-likeness (QED) is 0.626. The van der Waals surface area contributed by atoms with Crippen LogP contribution in [0.15, 0.2) is 48.7 Å². The zero-order valence-electron chi connectivity index (χ0n) is 14.7. The van der Waals surface area contributed by atoms with Crippen LogP contribution in [0, 0.1) is 5.82 Å². The van der Waals surface area contributed by atoms with Crippen molar-refractivity contribution in [2.24, 2.45) is 0 Å². The van der Waals surface area contributed by atoms with Gasteiger partial charge in [-0.15, -0.1) is 0 Å². The zero-order valence-corrected chi connectivity index (χ0v) is 14.7. The van der Waals surface area contributed by atoms with Gasteiger partial charge in [-0.2, -0.15) is 0 Å². The predicted molar refractivity (Wildman–Crippen MR) is 98.4 cm³/mol. The summed E-state index contributed by atoms with van der Waals surface area (Å²) in [6, 6.07) is 10.7. The number of benzene rings is 1. The number of methoxy groups -OCH3 is 1. The molecule has 0 bridgehead atoms. The van der Waals surface area contributed by atoms with Crippen molar-refractivity contribution in [2.75, 3.05) is 25.6 Å². The van der Waals surface area contributed by atoms with Gasteiger partial charge in [-0.05, 0) is 36.8 Å². The minimum Gasteiger partial charge on any atom is -0.385 e. The van der Waals surface area contributed by atoms with E-state index >= 15 is 0 Å². The first kappa shape index (κ1) is 18.5. The van der Waals surface area contributed by atoms with Gasteiger partial charge in [0.1, 0.15) is 5.82 Å². The average Bonchev–Trinajstić information content (AvgIpc) is 3.05. The van der Waals surface area contributed by atoms with Crippen LogP contribution in [0.25, 0.3) is 5.52 Å². The van der Waals surface area contributed by atoms with E-state index in [0.29, 0.717) is 30.8 Å². The van der Waals surface area contributed by atoms with Crippen molar-refractivity contribution in [1.29, 1.82) is 0 Å². The van der Waals surface area contributed by atoms with E-state index in [2.05, 4.69) is 15.6 Å². The van der Waals surface area contributed by atoms with Crippen LogP contribution in [0.5, 0.6) is 0 Å². The van der Waals surface area contributed by atoms with Gasteiger partial charge < -0.3 is 15.4 Å². The maximum atomic E-state index is 13.3. The highest BCUT2D eigenvalue weighted by Crippen LogP contribution is 2.16. The fraction of sp³-hybridized carbons (Fsp3) is 0.211. The van der Waals surface area contributed by atoms with Crippen LogP contribution in [0.4, 0.5) is 10.1 Å². The molecule has 0 unspecified atom stereocenters. The zero-order chi connectivity index (χ0) is 19.2. The summed E-state index contributed by atoms with van der Waals surface area (Å²) in [5, 5.41) is 5.35. The fourth-order valence-corrected chi connectivity index (χ4v) is 2.62. The number of fused-ring (bicyclic) bond motifs is 1. The number of anilines is 1. The van der Waals surface area contributed by atoms with Crippen LogP contribution in [0.1, 0.15) is 27.5 Å². The van der Waals surface area contributed by atoms with Gasteiger partial charge in [-0.25, -0.2) is 9.37 Å². The highest BCUT2D eigenvalue weighted by molar-refractivity contribution is 6.08. The number of carbonyl (C=O) groups is 2. The Labute approximate surface area is 155 Å². The number of amides is 2. The third-order valence-electron chi connectivity index (χ3n) is 3.86. The molecule has 2 heterocycles. The summed E-state index contributed by atoms with van der Waals surface area (Å²) in [6.07, 6.45) is 2.32. The first-order valence-electron chi connectivity index (χ1n) is 8.41. The van der Waals surface area contributed by atoms with Gasteiger partial charge in [0.05, 0.1) is 5.52 Å². The molecule has 0 aliphatic heterocycles. The largest absolute Gasteiger partial charge is 0.385 e. The number of rotatable bonds is 7. The summed E-state index contributed by atoms with van der Waals surface area (Å²) in [7, 11) is 1.59. The van der Waals surface area contributed by atoms with Gasteiger partial charge in [0.25, 0.3) is 11.8 Å². The molecule has 7 nitrogen and oxygen atoms in total. The van der Waals surface area contributed by atoms with Gasteiger partial charge in [-0.3, -0.25) is 14.0 Å². The maximum Gasteiger partial charge on any atom is 0.287 e. The monoisotopic (exact) mass is 370 g/mol. The smallest absolute Gasteiger partial charge is 0.287 e. The summed E-state index contributed by atoms with van der Waals surface area (Å²) in [4.78, 5) is 29.3. The number of pyridine rings is 1. The standard InChI is InChI=1S/C19H19FN4O3/c1-27-11-5-9-21-19(26)17-23-16(15-8-2-3-10-24(15)17)18(25)22-14-7-4-6-13(20)12-14/h2-4,6-8,10,12H,5,9,11H2,1H3,(H,21,26)(H,22,25). The molecule has 0 saturated heterocycles. The van der Waals surface area contributed by atoms with Crippen molar-refractivity contribution in [2.45, 2.75) is 6.42 Å². The lowest BCUT2D eigenvalue weighted by atomic mass is 10.2. The third kappa shape index (κ3) is 4.29. The normalized spacial score (nSPS) is 10.7. The topological polar surface area (TPSA) is 84.7 Å². The SMILES string of the molecule is COCCCNC(=O)c1nc(C(=O)Nc2cccc(F)c2)c2ccccn12. The summed E-state index contributed by atoms with van der Waals surface area (Å²) in [5.41, 5.74) is 0.873. The molecule has 1 aromatic carbocycles. The van der Waals surface area contributed by atoms with Crippen LogP contribution < -0.4 is 10.6 Å². The predicted octanol–water partition coefficient (Wildman–Crippen LogP) is 2.49. The molecule has 0 fully saturated rings. The third-order valence-corrected chi connectivity index (χ3v) is 3.86. The van der Waals surface area contributed by atoms with Crippen LogP contribution in [0.3, 0.4) is 0 Å². The van der Waals surface area contributed by atoms with Crippen LogP contribution in [0.2, 0.25) is 0 Å². The number of carbonyl (C=O) groups excluding carboxylic acids is 2. The molecule has 8 heteroatoms. The van der Waals surface area contributed by atoms with Crippen LogP contribution in [-0.2, 0) is 4.74 Å². The lowest BCUT2D eigenvalue weighted by Crippen LogP contribution is -2.27. The Bertz CT molecular complexity index is 970. The molecular formula is C19H19FN4O3. The fourth-order valence-electron chi connectivity index (χ4n) is 2.62. The molecular weight excluding hydrogens is 351 g/mol. The van der Waals surface area contributed by atoms with Crippen molar-refractivity contribution in [3.05, 3.63) is 66.0 Å². The van der Waals surface area contributed by atoms with E-state index in [0.717, 1.165) is 0 Å². The highest BCUT2D eigenvalue weighted by Gasteiger charge is 2.21. The minimum atomic E-state index is -0.525. The molecule has 2 aromatic heterocycles. The summed E-state index contributed by atoms with van der Waals surface area (Å²) < 4.78 is 19.8. The maximum absolute atomic E-state index is 13.3. The number of hydrogen-bond donors (Lipinski definition) is 2. The number of hydrogen-bond acceptors (Lipinski definition) is 4. The molecule has 140 valence electrons. The van der Waals surface area contributed by atoms with Gasteiger partial charge in [-0.1, -0.05) is 12.1 Å². The average molecular weight is 370 g/mol. The van der Waals surface area contributed by atoms with Crippen molar-refractivity contribution in [1.82, 2.24) is 14.7 Å². The summed E-state index contributed by atoms with van der Waals surface area (Å²) in [5.74, 6) is -1.27. The van der Waals surface area contributed by atoms with Crippen LogP contribution >= 0.6 is 0 Å². The van der Waals surface area contributed by atoms with Gasteiger partial charge in [0.2, 0.25) is 5.82 Å². The molecule has 0 atom stereocenters. The molecule has 2 N–H and O–H groups in total. The Morgan fingerprint density at radius 1 is 1.19 bits per heavy atom. The lowest BCUT2D eigenvalue weighted by molar-refractivity contribution is 0.0937. The number of imidazole rings is 1. The lowest BCUT2D eigenvalue weighted by Gasteiger charge is -2.03. The van der Waals surface area contributed by atoms with E-state index in [1.54, 1.807) is 42.0 Å². The van der Waals surface area contributed by atoms with E-state index in [9.17, 15) is 14.0 Å². The molecule has 0 radical (unpaired) electrons. The number of aromatic nitrogens is 2. The number of nitrogens with one attached hydrogen (secondary N) is 2. The molecule has 3 aromatic rings. The van der Waals surface area contributed by atoms with E-state index in [-0.39, 0.29) is 11.5 Å². The Balaban J connectivity index is 1.85. The van der Waals surface area contributed by atoms with E-state index in [4.69, 9.17) is 4.74 Å². The summed E-state index contributed by atoms with van der Waals surface area (Å²) >= 11 is 0. The van der Waals surface area contributed by atoms with Gasteiger partial charge in [0.15, 0.2) is 5.69 Å². The number of halogens is 1. The molecule has 0 saturated carbocycles. The first-order chi connectivity index (χ1) is 13.1. The highest BCUT2D eigenvalue weighted by atomic mass is 19.1. The van der Waals surface area contributed by atoms with Crippen molar-refractivity contribution in [3.8, 4) is 0 Å². The minimum absolute atomic E-state index is 0.0851. The molecule has 0 aliphatic rings. The van der Waals surface area contributed by atoms with Crippen molar-refractivity contribution < 1.29 is 18.7 Å². The Morgan fingerprint density at radius 3 is 2.81 bits per heavy atom. The van der Waals surface area contributed by atoms with E-state index < -0.39 is 17.6 Å². The second-order valence-corrected chi connectivity index (χ2v) is 5.81. The Kier molecular flexibility index (Phi) is 5.77. The number of ether oxygens (including phenoxy) is 1. The molecule has 0 aliphatic carbocycles. The molecule has 27 heavy (non-hydrogen) atoms. The van der Waals surface area contributed by atoms with Crippen molar-refractivity contribution >= 4 is 23.0 Å². The first-order valence-corrected chi connectivity index (χ1v) is 8.41. The summed E-state index contributed by atoms with van der Waals surface area (Å²) in [6.45, 7) is 0.961. The van der Waals surface area contributed by atoms with E-state index in [1.807, 2.05) is 0 Å². The Hall–Kier alpha value is -3.26. The second-order valence-electron chi connectivity index (χ2n) is 5.81. The van der Waals surface area contributed by atoms with Crippen molar-refractivity contribution in [3.63, 3.8) is 0 Å². The van der Waals surface area contributed by atoms with E-state index in [1.165, 1.54) is 18.2 Å². The number of nitrogens with zero attached hydrogens (tertiary/aromatic N) is 2.